The lowest BCUT2D eigenvalue weighted by Gasteiger charge is -2.05. The Morgan fingerprint density at radius 3 is 2.81 bits per heavy atom. The van der Waals surface area contributed by atoms with Crippen LogP contribution in [0, 0.1) is 0 Å². The first kappa shape index (κ1) is 13.0. The van der Waals surface area contributed by atoms with Crippen LogP contribution in [0.5, 0.6) is 0 Å². The molecule has 0 atom stereocenters. The van der Waals surface area contributed by atoms with Crippen LogP contribution in [0.3, 0.4) is 0 Å². The van der Waals surface area contributed by atoms with Crippen molar-refractivity contribution in [2.24, 2.45) is 0 Å². The van der Waals surface area contributed by atoms with E-state index < -0.39 is 0 Å². The SMILES string of the molecule is CC(=O)c1cccc(-n2nnc(-c3cccnc3)c2N)c1. The van der Waals surface area contributed by atoms with Crippen molar-refractivity contribution >= 4 is 11.6 Å². The molecule has 0 aliphatic heterocycles. The van der Waals surface area contributed by atoms with E-state index in [0.717, 1.165) is 5.56 Å². The number of hydrogen-bond acceptors (Lipinski definition) is 5. The first-order valence-electron chi connectivity index (χ1n) is 6.40. The molecule has 0 spiro atoms. The number of ketones is 1. The molecule has 2 N–H and O–H groups in total. The summed E-state index contributed by atoms with van der Waals surface area (Å²) >= 11 is 0. The van der Waals surface area contributed by atoms with Gasteiger partial charge in [-0.3, -0.25) is 9.78 Å². The van der Waals surface area contributed by atoms with Crippen molar-refractivity contribution < 1.29 is 4.79 Å². The molecule has 0 unspecified atom stereocenters. The summed E-state index contributed by atoms with van der Waals surface area (Å²) in [6.07, 6.45) is 3.36. The highest BCUT2D eigenvalue weighted by Crippen LogP contribution is 2.24. The highest BCUT2D eigenvalue weighted by molar-refractivity contribution is 5.94. The van der Waals surface area contributed by atoms with Gasteiger partial charge in [-0.15, -0.1) is 5.10 Å². The van der Waals surface area contributed by atoms with Crippen LogP contribution >= 0.6 is 0 Å². The minimum atomic E-state index is -0.0111. The Bertz CT molecular complexity index is 795. The van der Waals surface area contributed by atoms with Crippen LogP contribution in [0.25, 0.3) is 16.9 Å². The second-order valence-electron chi connectivity index (χ2n) is 4.58. The number of nitrogens with two attached hydrogens (primary N) is 1. The fourth-order valence-corrected chi connectivity index (χ4v) is 2.04. The van der Waals surface area contributed by atoms with Crippen molar-refractivity contribution in [3.05, 3.63) is 54.4 Å². The van der Waals surface area contributed by atoms with Crippen LogP contribution in [0.1, 0.15) is 17.3 Å². The van der Waals surface area contributed by atoms with Gasteiger partial charge in [-0.2, -0.15) is 4.68 Å². The first-order chi connectivity index (χ1) is 10.2. The smallest absolute Gasteiger partial charge is 0.159 e. The number of Topliss-reactive ketones (excluding diaryl/α,β-unsaturated/α-hetero) is 1. The number of pyridine rings is 1. The van der Waals surface area contributed by atoms with E-state index in [1.807, 2.05) is 18.2 Å². The zero-order valence-corrected chi connectivity index (χ0v) is 11.4. The number of nitrogen functional groups attached to an aromatic ring is 1. The van der Waals surface area contributed by atoms with Crippen molar-refractivity contribution in [1.82, 2.24) is 20.0 Å². The molecular formula is C15H13N5O. The second kappa shape index (κ2) is 5.16. The molecule has 0 saturated heterocycles. The van der Waals surface area contributed by atoms with Gasteiger partial charge >= 0.3 is 0 Å². The fourth-order valence-electron chi connectivity index (χ4n) is 2.04. The van der Waals surface area contributed by atoms with E-state index >= 15 is 0 Å². The van der Waals surface area contributed by atoms with Crippen molar-refractivity contribution in [1.29, 1.82) is 0 Å². The second-order valence-corrected chi connectivity index (χ2v) is 4.58. The minimum Gasteiger partial charge on any atom is -0.382 e. The highest BCUT2D eigenvalue weighted by atomic mass is 16.1. The zero-order chi connectivity index (χ0) is 14.8. The topological polar surface area (TPSA) is 86.7 Å². The Morgan fingerprint density at radius 1 is 1.24 bits per heavy atom. The van der Waals surface area contributed by atoms with E-state index in [0.29, 0.717) is 22.8 Å². The molecule has 2 aromatic heterocycles. The van der Waals surface area contributed by atoms with Crippen LogP contribution in [0.4, 0.5) is 5.82 Å². The third-order valence-electron chi connectivity index (χ3n) is 3.14. The zero-order valence-electron chi connectivity index (χ0n) is 11.4. The normalized spacial score (nSPS) is 10.5. The maximum Gasteiger partial charge on any atom is 0.159 e. The van der Waals surface area contributed by atoms with Crippen molar-refractivity contribution in [2.75, 3.05) is 5.73 Å². The Kier molecular flexibility index (Phi) is 3.19. The van der Waals surface area contributed by atoms with Crippen molar-refractivity contribution in [3.63, 3.8) is 0 Å². The molecular weight excluding hydrogens is 266 g/mol. The van der Waals surface area contributed by atoms with Crippen molar-refractivity contribution in [3.8, 4) is 16.9 Å². The number of carbonyl (C=O) groups is 1. The summed E-state index contributed by atoms with van der Waals surface area (Å²) in [6, 6.07) is 10.8. The molecule has 3 aromatic rings. The predicted molar refractivity (Wildman–Crippen MR) is 79.0 cm³/mol. The van der Waals surface area contributed by atoms with Crippen LogP contribution in [0.2, 0.25) is 0 Å². The molecule has 0 bridgehead atoms. The van der Waals surface area contributed by atoms with E-state index in [1.54, 1.807) is 30.6 Å². The van der Waals surface area contributed by atoms with E-state index in [-0.39, 0.29) is 5.78 Å². The van der Waals surface area contributed by atoms with Crippen LogP contribution in [0.15, 0.2) is 48.8 Å². The summed E-state index contributed by atoms with van der Waals surface area (Å²) < 4.78 is 1.51. The predicted octanol–water partition coefficient (Wildman–Crippen LogP) is 2.11. The van der Waals surface area contributed by atoms with Gasteiger partial charge in [0.2, 0.25) is 0 Å². The maximum absolute atomic E-state index is 11.5. The number of aromatic nitrogens is 4. The highest BCUT2D eigenvalue weighted by Gasteiger charge is 2.13. The molecule has 0 radical (unpaired) electrons. The Balaban J connectivity index is 2.07. The van der Waals surface area contributed by atoms with Gasteiger partial charge in [0.25, 0.3) is 0 Å². The fraction of sp³-hybridized carbons (Fsp3) is 0.0667. The van der Waals surface area contributed by atoms with Gasteiger partial charge in [-0.1, -0.05) is 17.3 Å². The summed E-state index contributed by atoms with van der Waals surface area (Å²) in [5.41, 5.74) is 8.78. The van der Waals surface area contributed by atoms with Gasteiger partial charge in [0.15, 0.2) is 11.6 Å². The van der Waals surface area contributed by atoms with E-state index in [2.05, 4.69) is 15.3 Å². The van der Waals surface area contributed by atoms with Gasteiger partial charge < -0.3 is 5.73 Å². The monoisotopic (exact) mass is 279 g/mol. The molecule has 0 saturated carbocycles. The van der Waals surface area contributed by atoms with Crippen LogP contribution < -0.4 is 5.73 Å². The lowest BCUT2D eigenvalue weighted by molar-refractivity contribution is 0.101. The minimum absolute atomic E-state index is 0.0111. The molecule has 21 heavy (non-hydrogen) atoms. The maximum atomic E-state index is 11.5. The van der Waals surface area contributed by atoms with Gasteiger partial charge in [0.05, 0.1) is 5.69 Å². The Morgan fingerprint density at radius 2 is 2.10 bits per heavy atom. The third-order valence-corrected chi connectivity index (χ3v) is 3.14. The van der Waals surface area contributed by atoms with Gasteiger partial charge in [-0.05, 0) is 31.2 Å². The molecule has 1 aromatic carbocycles. The van der Waals surface area contributed by atoms with Crippen LogP contribution in [-0.4, -0.2) is 25.8 Å². The van der Waals surface area contributed by atoms with Gasteiger partial charge in [0.1, 0.15) is 5.69 Å². The van der Waals surface area contributed by atoms with E-state index in [9.17, 15) is 4.79 Å². The lowest BCUT2D eigenvalue weighted by Crippen LogP contribution is -2.04. The quantitative estimate of drug-likeness (QED) is 0.742. The molecule has 0 aliphatic carbocycles. The average Bonchev–Trinajstić information content (AvgIpc) is 2.90. The molecule has 104 valence electrons. The summed E-state index contributed by atoms with van der Waals surface area (Å²) in [5, 5.41) is 8.17. The summed E-state index contributed by atoms with van der Waals surface area (Å²) in [6.45, 7) is 1.52. The molecule has 2 heterocycles. The third kappa shape index (κ3) is 2.38. The first-order valence-corrected chi connectivity index (χ1v) is 6.40. The van der Waals surface area contributed by atoms with Crippen molar-refractivity contribution in [2.45, 2.75) is 6.92 Å². The summed E-state index contributed by atoms with van der Waals surface area (Å²) in [4.78, 5) is 15.5. The molecule has 0 fully saturated rings. The van der Waals surface area contributed by atoms with E-state index in [1.165, 1.54) is 11.6 Å². The number of carbonyl (C=O) groups excluding carboxylic acids is 1. The van der Waals surface area contributed by atoms with Gasteiger partial charge in [-0.25, -0.2) is 0 Å². The number of nitrogens with zero attached hydrogens (tertiary/aromatic N) is 4. The molecule has 6 heteroatoms. The number of benzene rings is 1. The standard InChI is InChI=1S/C15H13N5O/c1-10(21)11-4-2-6-13(8-11)20-15(16)14(18-19-20)12-5-3-7-17-9-12/h2-9H,16H2,1H3. The summed E-state index contributed by atoms with van der Waals surface area (Å²) in [7, 11) is 0. The van der Waals surface area contributed by atoms with E-state index in [4.69, 9.17) is 5.73 Å². The number of rotatable bonds is 3. The molecule has 6 nitrogen and oxygen atoms in total. The Hall–Kier alpha value is -3.02. The summed E-state index contributed by atoms with van der Waals surface area (Å²) in [5.74, 6) is 0.395. The number of hydrogen-bond donors (Lipinski definition) is 1. The van der Waals surface area contributed by atoms with Gasteiger partial charge in [0, 0.05) is 23.5 Å². The number of anilines is 1. The largest absolute Gasteiger partial charge is 0.382 e. The van der Waals surface area contributed by atoms with Crippen LogP contribution in [-0.2, 0) is 0 Å². The molecule has 3 rings (SSSR count). The lowest BCUT2D eigenvalue weighted by atomic mass is 10.1. The molecule has 0 amide bonds. The molecule has 0 aliphatic rings. The Labute approximate surface area is 121 Å². The average molecular weight is 279 g/mol.